The van der Waals surface area contributed by atoms with Crippen molar-refractivity contribution >= 4 is 33.5 Å². The first kappa shape index (κ1) is 15.0. The van der Waals surface area contributed by atoms with E-state index in [1.165, 1.54) is 38.2 Å². The molecule has 0 atom stereocenters. The summed E-state index contributed by atoms with van der Waals surface area (Å²) in [6.07, 6.45) is 6.55. The molecule has 1 aromatic carbocycles. The third-order valence-electron chi connectivity index (χ3n) is 3.43. The van der Waals surface area contributed by atoms with Gasteiger partial charge >= 0.3 is 0 Å². The molecule has 1 nitrogen and oxygen atoms in total. The fraction of sp³-hybridized carbons (Fsp3) is 0.533. The predicted molar refractivity (Wildman–Crippen MR) is 82.1 cm³/mol. The minimum atomic E-state index is -0.292. The van der Waals surface area contributed by atoms with Crippen LogP contribution in [-0.4, -0.2) is 16.8 Å². The highest BCUT2D eigenvalue weighted by Gasteiger charge is 2.16. The number of Topliss-reactive ketones (excluding diaryl/α,β-unsaturated/α-hetero) is 1. The van der Waals surface area contributed by atoms with Gasteiger partial charge in [-0.15, -0.1) is 0 Å². The molecule has 1 saturated carbocycles. The summed E-state index contributed by atoms with van der Waals surface area (Å²) >= 11 is 5.06. The van der Waals surface area contributed by atoms with Crippen molar-refractivity contribution in [2.75, 3.05) is 5.75 Å². The molecular formula is C15H18BrFOS. The molecule has 0 saturated heterocycles. The van der Waals surface area contributed by atoms with E-state index in [1.807, 2.05) is 0 Å². The van der Waals surface area contributed by atoms with E-state index >= 15 is 0 Å². The van der Waals surface area contributed by atoms with Gasteiger partial charge in [-0.2, -0.15) is 11.8 Å². The Morgan fingerprint density at radius 3 is 2.79 bits per heavy atom. The average molecular weight is 345 g/mol. The molecule has 0 amide bonds. The van der Waals surface area contributed by atoms with Crippen LogP contribution in [0.15, 0.2) is 22.7 Å². The molecule has 104 valence electrons. The number of thioether (sulfide) groups is 1. The first-order valence-corrected chi connectivity index (χ1v) is 8.56. The van der Waals surface area contributed by atoms with Gasteiger partial charge in [-0.05, 0) is 36.6 Å². The van der Waals surface area contributed by atoms with Gasteiger partial charge in [0, 0.05) is 16.1 Å². The van der Waals surface area contributed by atoms with Crippen molar-refractivity contribution in [2.24, 2.45) is 0 Å². The van der Waals surface area contributed by atoms with Crippen molar-refractivity contribution in [2.45, 2.75) is 43.8 Å². The number of halogens is 2. The van der Waals surface area contributed by atoms with Gasteiger partial charge in [-0.1, -0.05) is 35.2 Å². The second-order valence-electron chi connectivity index (χ2n) is 5.02. The maximum Gasteiger partial charge on any atom is 0.147 e. The third-order valence-corrected chi connectivity index (χ3v) is 5.35. The van der Waals surface area contributed by atoms with Gasteiger partial charge in [0.05, 0.1) is 5.75 Å². The summed E-state index contributed by atoms with van der Waals surface area (Å²) in [5.74, 6) is 0.336. The lowest BCUT2D eigenvalue weighted by Crippen LogP contribution is -2.13. The van der Waals surface area contributed by atoms with E-state index in [9.17, 15) is 9.18 Å². The molecule has 0 aliphatic heterocycles. The lowest BCUT2D eigenvalue weighted by molar-refractivity contribution is -0.116. The summed E-state index contributed by atoms with van der Waals surface area (Å²) in [6.45, 7) is 0. The Labute approximate surface area is 126 Å². The second-order valence-corrected chi connectivity index (χ2v) is 7.23. The number of rotatable bonds is 5. The first-order valence-electron chi connectivity index (χ1n) is 6.72. The van der Waals surface area contributed by atoms with E-state index in [4.69, 9.17) is 0 Å². The van der Waals surface area contributed by atoms with Crippen LogP contribution in [-0.2, 0) is 11.2 Å². The number of carbonyl (C=O) groups excluding carboxylic acids is 1. The molecule has 2 rings (SSSR count). The third kappa shape index (κ3) is 4.92. The van der Waals surface area contributed by atoms with Crippen molar-refractivity contribution in [1.82, 2.24) is 0 Å². The minimum absolute atomic E-state index is 0.118. The average Bonchev–Trinajstić information content (AvgIpc) is 2.42. The summed E-state index contributed by atoms with van der Waals surface area (Å²) in [7, 11) is 0. The van der Waals surface area contributed by atoms with E-state index in [-0.39, 0.29) is 18.0 Å². The van der Waals surface area contributed by atoms with Crippen LogP contribution in [0.1, 0.15) is 37.7 Å². The number of ketones is 1. The molecule has 4 heteroatoms. The Morgan fingerprint density at radius 2 is 2.05 bits per heavy atom. The van der Waals surface area contributed by atoms with Gasteiger partial charge in [-0.25, -0.2) is 4.39 Å². The van der Waals surface area contributed by atoms with Crippen LogP contribution in [0.3, 0.4) is 0 Å². The van der Waals surface area contributed by atoms with Gasteiger partial charge in [0.25, 0.3) is 0 Å². The smallest absolute Gasteiger partial charge is 0.147 e. The Balaban J connectivity index is 1.81. The Morgan fingerprint density at radius 1 is 1.32 bits per heavy atom. The van der Waals surface area contributed by atoms with Crippen molar-refractivity contribution in [3.05, 3.63) is 34.1 Å². The summed E-state index contributed by atoms with van der Waals surface area (Å²) in [5.41, 5.74) is 0.489. The second kappa shape index (κ2) is 7.44. The maximum absolute atomic E-state index is 13.5. The van der Waals surface area contributed by atoms with Crippen molar-refractivity contribution in [1.29, 1.82) is 0 Å². The van der Waals surface area contributed by atoms with E-state index in [0.717, 1.165) is 4.47 Å². The Hall–Kier alpha value is -0.350. The van der Waals surface area contributed by atoms with Gasteiger partial charge in [-0.3, -0.25) is 4.79 Å². The van der Waals surface area contributed by atoms with Gasteiger partial charge in [0.1, 0.15) is 11.6 Å². The van der Waals surface area contributed by atoms with Gasteiger partial charge in [0.2, 0.25) is 0 Å². The van der Waals surface area contributed by atoms with Crippen LogP contribution < -0.4 is 0 Å². The van der Waals surface area contributed by atoms with E-state index in [1.54, 1.807) is 23.9 Å². The molecule has 0 spiro atoms. The van der Waals surface area contributed by atoms with Gasteiger partial charge < -0.3 is 0 Å². The van der Waals surface area contributed by atoms with Crippen molar-refractivity contribution in [3.63, 3.8) is 0 Å². The van der Waals surface area contributed by atoms with Crippen LogP contribution in [0.2, 0.25) is 0 Å². The van der Waals surface area contributed by atoms with Crippen LogP contribution in [0.4, 0.5) is 4.39 Å². The SMILES string of the molecule is O=C(CSC1CCCCC1)Cc1cc(Br)ccc1F. The highest BCUT2D eigenvalue weighted by atomic mass is 79.9. The number of carbonyl (C=O) groups is 1. The highest BCUT2D eigenvalue weighted by molar-refractivity contribution is 9.10. The molecule has 1 fully saturated rings. The molecule has 1 aliphatic carbocycles. The fourth-order valence-corrected chi connectivity index (χ4v) is 3.98. The Kier molecular flexibility index (Phi) is 5.89. The number of hydrogen-bond donors (Lipinski definition) is 0. The summed E-state index contributed by atoms with van der Waals surface area (Å²) in [5, 5.41) is 0.630. The Bertz CT molecular complexity index is 444. The van der Waals surface area contributed by atoms with Gasteiger partial charge in [0.15, 0.2) is 0 Å². The molecule has 0 bridgehead atoms. The quantitative estimate of drug-likeness (QED) is 0.765. The van der Waals surface area contributed by atoms with Crippen molar-refractivity contribution in [3.8, 4) is 0 Å². The molecule has 19 heavy (non-hydrogen) atoms. The summed E-state index contributed by atoms with van der Waals surface area (Å²) in [6, 6.07) is 4.75. The monoisotopic (exact) mass is 344 g/mol. The summed E-state index contributed by atoms with van der Waals surface area (Å²) in [4.78, 5) is 11.9. The van der Waals surface area contributed by atoms with E-state index < -0.39 is 0 Å². The molecule has 1 aliphatic rings. The number of benzene rings is 1. The van der Waals surface area contributed by atoms with Crippen LogP contribution in [0, 0.1) is 5.82 Å². The minimum Gasteiger partial charge on any atom is -0.298 e. The largest absolute Gasteiger partial charge is 0.298 e. The van der Waals surface area contributed by atoms with E-state index in [2.05, 4.69) is 15.9 Å². The zero-order valence-corrected chi connectivity index (χ0v) is 13.2. The van der Waals surface area contributed by atoms with E-state index in [0.29, 0.717) is 16.6 Å². The fourth-order valence-electron chi connectivity index (χ4n) is 2.38. The molecule has 0 radical (unpaired) electrons. The normalized spacial score (nSPS) is 16.5. The topological polar surface area (TPSA) is 17.1 Å². The van der Waals surface area contributed by atoms with Crippen LogP contribution in [0.5, 0.6) is 0 Å². The molecule has 0 aromatic heterocycles. The van der Waals surface area contributed by atoms with Crippen LogP contribution >= 0.6 is 27.7 Å². The lowest BCUT2D eigenvalue weighted by atomic mass is 10.0. The molecule has 0 N–H and O–H groups in total. The zero-order valence-electron chi connectivity index (χ0n) is 10.8. The molecular weight excluding hydrogens is 327 g/mol. The van der Waals surface area contributed by atoms with Crippen LogP contribution in [0.25, 0.3) is 0 Å². The highest BCUT2D eigenvalue weighted by Crippen LogP contribution is 2.28. The first-order chi connectivity index (χ1) is 9.15. The predicted octanol–water partition coefficient (Wildman–Crippen LogP) is 4.77. The number of hydrogen-bond acceptors (Lipinski definition) is 2. The maximum atomic E-state index is 13.5. The molecule has 0 unspecified atom stereocenters. The summed E-state index contributed by atoms with van der Waals surface area (Å²) < 4.78 is 14.4. The lowest BCUT2D eigenvalue weighted by Gasteiger charge is -2.20. The molecule has 0 heterocycles. The zero-order chi connectivity index (χ0) is 13.7. The molecule has 1 aromatic rings. The van der Waals surface area contributed by atoms with Crippen molar-refractivity contribution < 1.29 is 9.18 Å². The standard InChI is InChI=1S/C15H18BrFOS/c16-12-6-7-15(17)11(8-12)9-13(18)10-19-14-4-2-1-3-5-14/h6-8,14H,1-5,9-10H2.